The van der Waals surface area contributed by atoms with E-state index in [1.165, 1.54) is 12.3 Å². The smallest absolute Gasteiger partial charge is 0.220 e. The molecule has 0 fully saturated rings. The maximum atomic E-state index is 14.5. The number of carbonyl (C=O) groups is 1. The predicted molar refractivity (Wildman–Crippen MR) is 116 cm³/mol. The molecule has 0 unspecified atom stereocenters. The summed E-state index contributed by atoms with van der Waals surface area (Å²) in [5, 5.41) is 16.2. The second-order valence-corrected chi connectivity index (χ2v) is 7.57. The highest BCUT2D eigenvalue weighted by Gasteiger charge is 2.15. The molecule has 0 aliphatic heterocycles. The van der Waals surface area contributed by atoms with Gasteiger partial charge in [-0.15, -0.1) is 0 Å². The van der Waals surface area contributed by atoms with Gasteiger partial charge in [-0.05, 0) is 50.5 Å². The Balaban J connectivity index is 1.39. The van der Waals surface area contributed by atoms with E-state index in [1.54, 1.807) is 40.5 Å². The van der Waals surface area contributed by atoms with Crippen molar-refractivity contribution in [3.05, 3.63) is 76.5 Å². The lowest BCUT2D eigenvalue weighted by molar-refractivity contribution is -0.121. The van der Waals surface area contributed by atoms with Crippen molar-refractivity contribution in [1.29, 1.82) is 5.26 Å². The van der Waals surface area contributed by atoms with Crippen LogP contribution in [0.4, 0.5) is 4.39 Å². The summed E-state index contributed by atoms with van der Waals surface area (Å²) in [6.07, 6.45) is 5.56. The first-order chi connectivity index (χ1) is 15.4. The van der Waals surface area contributed by atoms with Crippen LogP contribution in [0.3, 0.4) is 0 Å². The van der Waals surface area contributed by atoms with Gasteiger partial charge in [0.15, 0.2) is 5.65 Å². The maximum Gasteiger partial charge on any atom is 0.220 e. The summed E-state index contributed by atoms with van der Waals surface area (Å²) in [5.74, 6) is 0.179. The van der Waals surface area contributed by atoms with E-state index in [0.29, 0.717) is 34.7 Å². The van der Waals surface area contributed by atoms with Crippen molar-refractivity contribution in [2.75, 3.05) is 0 Å². The Morgan fingerprint density at radius 2 is 2.09 bits per heavy atom. The molecule has 4 rings (SSSR count). The molecule has 1 aromatic carbocycles. The van der Waals surface area contributed by atoms with Crippen molar-refractivity contribution in [3.63, 3.8) is 0 Å². The molecule has 1 amide bonds. The number of carbonyl (C=O) groups excluding carboxylic acids is 1. The molecular weight excluding hydrogens is 409 g/mol. The summed E-state index contributed by atoms with van der Waals surface area (Å²) in [4.78, 5) is 21.0. The van der Waals surface area contributed by atoms with E-state index < -0.39 is 0 Å². The monoisotopic (exact) mass is 431 g/mol. The van der Waals surface area contributed by atoms with Gasteiger partial charge in [0.25, 0.3) is 0 Å². The van der Waals surface area contributed by atoms with Gasteiger partial charge in [0, 0.05) is 36.7 Å². The minimum Gasteiger partial charge on any atom is -0.352 e. The van der Waals surface area contributed by atoms with Gasteiger partial charge >= 0.3 is 0 Å². The van der Waals surface area contributed by atoms with Crippen LogP contribution >= 0.6 is 0 Å². The summed E-state index contributed by atoms with van der Waals surface area (Å²) in [6.45, 7) is 5.80. The number of imidazole rings is 1. The number of nitrogens with zero attached hydrogens (tertiary/aromatic N) is 6. The fourth-order valence-electron chi connectivity index (χ4n) is 3.77. The topological polar surface area (TPSA) is 101 Å². The molecular formula is C23H22FN7O. The third kappa shape index (κ3) is 3.95. The Kier molecular flexibility index (Phi) is 5.69. The summed E-state index contributed by atoms with van der Waals surface area (Å²) >= 11 is 0. The van der Waals surface area contributed by atoms with Crippen molar-refractivity contribution in [1.82, 2.24) is 29.5 Å². The average molecular weight is 431 g/mol. The van der Waals surface area contributed by atoms with Crippen LogP contribution in [0.1, 0.15) is 40.3 Å². The van der Waals surface area contributed by atoms with E-state index in [-0.39, 0.29) is 24.7 Å². The highest BCUT2D eigenvalue weighted by molar-refractivity contribution is 5.76. The molecule has 0 aliphatic rings. The van der Waals surface area contributed by atoms with E-state index in [1.807, 2.05) is 13.8 Å². The summed E-state index contributed by atoms with van der Waals surface area (Å²) < 4.78 is 17.8. The predicted octanol–water partition coefficient (Wildman–Crippen LogP) is 3.10. The Bertz CT molecular complexity index is 1360. The number of nitrogens with one attached hydrogen (secondary N) is 1. The molecule has 0 bridgehead atoms. The zero-order valence-corrected chi connectivity index (χ0v) is 18.1. The number of hydrogen-bond acceptors (Lipinski definition) is 5. The third-order valence-corrected chi connectivity index (χ3v) is 5.52. The number of aromatic nitrogens is 5. The number of amides is 1. The van der Waals surface area contributed by atoms with Crippen molar-refractivity contribution < 1.29 is 9.18 Å². The molecule has 0 spiro atoms. The summed E-state index contributed by atoms with van der Waals surface area (Å²) in [6, 6.07) is 6.97. The second-order valence-electron chi connectivity index (χ2n) is 7.57. The number of aryl methyl sites for hydroxylation is 3. The summed E-state index contributed by atoms with van der Waals surface area (Å²) in [7, 11) is 0. The van der Waals surface area contributed by atoms with Gasteiger partial charge in [-0.25, -0.2) is 18.9 Å². The molecule has 4 aromatic rings. The van der Waals surface area contributed by atoms with Crippen molar-refractivity contribution >= 4 is 11.6 Å². The van der Waals surface area contributed by atoms with Crippen LogP contribution in [0.15, 0.2) is 36.8 Å². The van der Waals surface area contributed by atoms with Crippen molar-refractivity contribution in [2.45, 2.75) is 40.2 Å². The molecule has 0 saturated heterocycles. The number of hydrogen-bond donors (Lipinski definition) is 1. The lowest BCUT2D eigenvalue weighted by Gasteiger charge is -2.12. The standard InChI is InChI=1S/C23H22FN7O/c1-14-19(15(2)31-23(29-14)18(11-25)13-28-31)5-7-22(32)27-12-17-4-6-21(20(24)10-17)30-9-8-26-16(30)3/h4,6,8-10,13H,5,7,12H2,1-3H3,(H,27,32). The molecule has 0 atom stereocenters. The Labute approximate surface area is 184 Å². The minimum atomic E-state index is -0.376. The fraction of sp³-hybridized carbons (Fsp3) is 0.261. The molecule has 9 heteroatoms. The zero-order valence-electron chi connectivity index (χ0n) is 18.1. The molecule has 3 heterocycles. The molecule has 1 N–H and O–H groups in total. The van der Waals surface area contributed by atoms with E-state index >= 15 is 0 Å². The van der Waals surface area contributed by atoms with Gasteiger partial charge in [-0.2, -0.15) is 10.4 Å². The van der Waals surface area contributed by atoms with Gasteiger partial charge < -0.3 is 9.88 Å². The number of fused-ring (bicyclic) bond motifs is 1. The van der Waals surface area contributed by atoms with Gasteiger partial charge in [0.1, 0.15) is 23.3 Å². The lowest BCUT2D eigenvalue weighted by Crippen LogP contribution is -2.23. The first-order valence-electron chi connectivity index (χ1n) is 10.2. The largest absolute Gasteiger partial charge is 0.352 e. The SMILES string of the molecule is Cc1nc2c(C#N)cnn2c(C)c1CCC(=O)NCc1ccc(-n2ccnc2C)c(F)c1. The van der Waals surface area contributed by atoms with Crippen LogP contribution < -0.4 is 5.32 Å². The normalized spacial score (nSPS) is 11.0. The second kappa shape index (κ2) is 8.59. The van der Waals surface area contributed by atoms with E-state index in [2.05, 4.69) is 26.5 Å². The fourth-order valence-corrected chi connectivity index (χ4v) is 3.77. The number of benzene rings is 1. The molecule has 32 heavy (non-hydrogen) atoms. The Hall–Kier alpha value is -4.06. The molecule has 0 radical (unpaired) electrons. The van der Waals surface area contributed by atoms with Crippen LogP contribution in [0, 0.1) is 37.9 Å². The summed E-state index contributed by atoms with van der Waals surface area (Å²) in [5.41, 5.74) is 4.58. The molecule has 0 aliphatic carbocycles. The number of rotatable bonds is 6. The highest BCUT2D eigenvalue weighted by Crippen LogP contribution is 2.19. The van der Waals surface area contributed by atoms with Gasteiger partial charge in [-0.3, -0.25) is 4.79 Å². The van der Waals surface area contributed by atoms with Crippen LogP contribution in [0.2, 0.25) is 0 Å². The van der Waals surface area contributed by atoms with E-state index in [4.69, 9.17) is 0 Å². The maximum absolute atomic E-state index is 14.5. The first-order valence-corrected chi connectivity index (χ1v) is 10.2. The Morgan fingerprint density at radius 3 is 2.78 bits per heavy atom. The lowest BCUT2D eigenvalue weighted by atomic mass is 10.1. The Morgan fingerprint density at radius 1 is 1.28 bits per heavy atom. The van der Waals surface area contributed by atoms with Crippen LogP contribution in [0.25, 0.3) is 11.3 Å². The van der Waals surface area contributed by atoms with Gasteiger partial charge in [0.2, 0.25) is 5.91 Å². The van der Waals surface area contributed by atoms with Crippen molar-refractivity contribution in [3.8, 4) is 11.8 Å². The molecule has 0 saturated carbocycles. The number of halogens is 1. The molecule has 3 aromatic heterocycles. The van der Waals surface area contributed by atoms with Gasteiger partial charge in [0.05, 0.1) is 11.9 Å². The molecule has 162 valence electrons. The average Bonchev–Trinajstić information content (AvgIpc) is 3.38. The quantitative estimate of drug-likeness (QED) is 0.506. The molecule has 8 nitrogen and oxygen atoms in total. The van der Waals surface area contributed by atoms with Crippen LogP contribution in [0.5, 0.6) is 0 Å². The van der Waals surface area contributed by atoms with E-state index in [0.717, 1.165) is 17.0 Å². The first kappa shape index (κ1) is 21.2. The number of nitriles is 1. The van der Waals surface area contributed by atoms with Crippen LogP contribution in [-0.4, -0.2) is 30.1 Å². The van der Waals surface area contributed by atoms with Crippen LogP contribution in [-0.2, 0) is 17.8 Å². The zero-order chi connectivity index (χ0) is 22.8. The minimum absolute atomic E-state index is 0.142. The highest BCUT2D eigenvalue weighted by atomic mass is 19.1. The van der Waals surface area contributed by atoms with Gasteiger partial charge in [-0.1, -0.05) is 6.07 Å². The van der Waals surface area contributed by atoms with E-state index in [9.17, 15) is 14.4 Å². The van der Waals surface area contributed by atoms with Crippen molar-refractivity contribution in [2.24, 2.45) is 0 Å². The third-order valence-electron chi connectivity index (χ3n) is 5.52.